The van der Waals surface area contributed by atoms with Gasteiger partial charge < -0.3 is 14.8 Å². The predicted octanol–water partition coefficient (Wildman–Crippen LogP) is 4.37. The largest absolute Gasteiger partial charge is 0.490 e. The Hall–Kier alpha value is -2.49. The van der Waals surface area contributed by atoms with Gasteiger partial charge in [0.15, 0.2) is 18.1 Å². The molecule has 0 bridgehead atoms. The zero-order valence-electron chi connectivity index (χ0n) is 14.7. The van der Waals surface area contributed by atoms with E-state index in [9.17, 15) is 4.79 Å². The molecule has 3 rings (SSSR count). The molecule has 4 nitrogen and oxygen atoms in total. The highest BCUT2D eigenvalue weighted by molar-refractivity contribution is 5.92. The van der Waals surface area contributed by atoms with Gasteiger partial charge in [-0.3, -0.25) is 4.79 Å². The van der Waals surface area contributed by atoms with Crippen LogP contribution >= 0.6 is 0 Å². The highest BCUT2D eigenvalue weighted by atomic mass is 16.5. The molecule has 0 saturated heterocycles. The first kappa shape index (κ1) is 17.3. The molecule has 0 aliphatic heterocycles. The summed E-state index contributed by atoms with van der Waals surface area (Å²) in [4.78, 5) is 12.3. The van der Waals surface area contributed by atoms with Crippen LogP contribution in [0.4, 0.5) is 5.69 Å². The van der Waals surface area contributed by atoms with Gasteiger partial charge in [-0.25, -0.2) is 0 Å². The van der Waals surface area contributed by atoms with Gasteiger partial charge in [-0.15, -0.1) is 0 Å². The van der Waals surface area contributed by atoms with Crippen molar-refractivity contribution in [3.05, 3.63) is 53.6 Å². The van der Waals surface area contributed by atoms with E-state index in [1.54, 1.807) is 0 Å². The molecule has 0 radical (unpaired) electrons. The second kappa shape index (κ2) is 8.56. The minimum Gasteiger partial charge on any atom is -0.490 e. The molecule has 4 heteroatoms. The Morgan fingerprint density at radius 1 is 1.00 bits per heavy atom. The highest BCUT2D eigenvalue weighted by Gasteiger charge is 2.15. The number of ether oxygens (including phenoxy) is 2. The maximum absolute atomic E-state index is 12.3. The lowest BCUT2D eigenvalue weighted by atomic mass is 9.90. The van der Waals surface area contributed by atoms with Gasteiger partial charge >= 0.3 is 0 Å². The third-order valence-electron chi connectivity index (χ3n) is 4.34. The Kier molecular flexibility index (Phi) is 5.94. The van der Waals surface area contributed by atoms with Crippen LogP contribution in [0, 0.1) is 0 Å². The molecule has 25 heavy (non-hydrogen) atoms. The van der Waals surface area contributed by atoms with Crippen molar-refractivity contribution in [1.82, 2.24) is 0 Å². The van der Waals surface area contributed by atoms with Gasteiger partial charge in [0.1, 0.15) is 0 Å². The average molecular weight is 339 g/mol. The van der Waals surface area contributed by atoms with Gasteiger partial charge in [0.05, 0.1) is 6.61 Å². The third kappa shape index (κ3) is 4.53. The first-order chi connectivity index (χ1) is 12.3. The van der Waals surface area contributed by atoms with E-state index < -0.39 is 0 Å². The molecule has 2 aromatic rings. The molecule has 0 unspecified atom stereocenters. The van der Waals surface area contributed by atoms with Crippen LogP contribution in [0.3, 0.4) is 0 Å². The zero-order chi connectivity index (χ0) is 17.5. The van der Waals surface area contributed by atoms with Gasteiger partial charge in [0, 0.05) is 5.69 Å². The van der Waals surface area contributed by atoms with Crippen molar-refractivity contribution in [1.29, 1.82) is 0 Å². The topological polar surface area (TPSA) is 47.6 Å². The summed E-state index contributed by atoms with van der Waals surface area (Å²) >= 11 is 0. The number of carbonyl (C=O) groups excluding carboxylic acids is 1. The van der Waals surface area contributed by atoms with Crippen molar-refractivity contribution in [3.8, 4) is 11.5 Å². The summed E-state index contributed by atoms with van der Waals surface area (Å²) in [6.45, 7) is 2.65. The van der Waals surface area contributed by atoms with Crippen molar-refractivity contribution in [2.45, 2.75) is 39.0 Å². The number of hydrogen-bond donors (Lipinski definition) is 1. The number of amides is 1. The first-order valence-corrected chi connectivity index (χ1v) is 9.03. The molecule has 132 valence electrons. The number of benzene rings is 2. The fraction of sp³-hybridized carbons (Fsp3) is 0.381. The van der Waals surface area contributed by atoms with E-state index in [-0.39, 0.29) is 12.5 Å². The summed E-state index contributed by atoms with van der Waals surface area (Å²) in [6.07, 6.45) is 5.45. The Balaban J connectivity index is 1.61. The number of anilines is 1. The van der Waals surface area contributed by atoms with Gasteiger partial charge in [0.2, 0.25) is 0 Å². The number of fused-ring (bicyclic) bond motifs is 1. The van der Waals surface area contributed by atoms with Crippen molar-refractivity contribution in [2.75, 3.05) is 18.5 Å². The molecule has 1 aliphatic carbocycles. The normalized spacial score (nSPS) is 13.0. The molecule has 0 spiro atoms. The summed E-state index contributed by atoms with van der Waals surface area (Å²) in [5.74, 6) is 1.12. The van der Waals surface area contributed by atoms with Crippen molar-refractivity contribution in [3.63, 3.8) is 0 Å². The first-order valence-electron chi connectivity index (χ1n) is 9.03. The minimum atomic E-state index is -0.149. The smallest absolute Gasteiger partial charge is 0.262 e. The molecule has 1 amide bonds. The van der Waals surface area contributed by atoms with Crippen LogP contribution in [-0.2, 0) is 17.6 Å². The monoisotopic (exact) mass is 339 g/mol. The second-order valence-electron chi connectivity index (χ2n) is 6.28. The average Bonchev–Trinajstić information content (AvgIpc) is 2.65. The van der Waals surface area contributed by atoms with Crippen LogP contribution in [0.25, 0.3) is 0 Å². The summed E-state index contributed by atoms with van der Waals surface area (Å²) < 4.78 is 11.3. The fourth-order valence-electron chi connectivity index (χ4n) is 3.13. The maximum atomic E-state index is 12.3. The number of hydrogen-bond acceptors (Lipinski definition) is 3. The summed E-state index contributed by atoms with van der Waals surface area (Å²) in [6, 6.07) is 13.6. The molecular formula is C21H25NO3. The van der Waals surface area contributed by atoms with Gasteiger partial charge in [-0.05, 0) is 61.4 Å². The summed E-state index contributed by atoms with van der Waals surface area (Å²) in [5, 5.41) is 3.00. The standard InChI is InChI=1S/C21H25NO3/c1-2-14-24-19-12-5-6-13-20(19)25-15-21(23)22-18-11-7-9-16-8-3-4-10-17(16)18/h5-7,9,11-13H,2-4,8,10,14-15H2,1H3,(H,22,23). The Morgan fingerprint density at radius 3 is 2.56 bits per heavy atom. The number of para-hydroxylation sites is 2. The van der Waals surface area contributed by atoms with Crippen LogP contribution in [0.1, 0.15) is 37.3 Å². The van der Waals surface area contributed by atoms with Crippen molar-refractivity contribution in [2.24, 2.45) is 0 Å². The van der Waals surface area contributed by atoms with Crippen LogP contribution in [0.2, 0.25) is 0 Å². The van der Waals surface area contributed by atoms with Crippen molar-refractivity contribution >= 4 is 11.6 Å². The Bertz CT molecular complexity index is 727. The van der Waals surface area contributed by atoms with Gasteiger partial charge in [-0.2, -0.15) is 0 Å². The van der Waals surface area contributed by atoms with Crippen LogP contribution in [0.15, 0.2) is 42.5 Å². The Labute approximate surface area is 149 Å². The van der Waals surface area contributed by atoms with E-state index in [1.165, 1.54) is 24.0 Å². The fourth-order valence-corrected chi connectivity index (χ4v) is 3.13. The second-order valence-corrected chi connectivity index (χ2v) is 6.28. The zero-order valence-corrected chi connectivity index (χ0v) is 14.7. The molecular weight excluding hydrogens is 314 g/mol. The molecule has 0 aromatic heterocycles. The molecule has 1 N–H and O–H groups in total. The summed E-state index contributed by atoms with van der Waals surface area (Å²) in [7, 11) is 0. The molecule has 2 aromatic carbocycles. The van der Waals surface area contributed by atoms with Gasteiger partial charge in [0.25, 0.3) is 5.91 Å². The predicted molar refractivity (Wildman–Crippen MR) is 99.4 cm³/mol. The number of nitrogens with one attached hydrogen (secondary N) is 1. The lowest BCUT2D eigenvalue weighted by Crippen LogP contribution is -2.22. The quantitative estimate of drug-likeness (QED) is 0.815. The third-order valence-corrected chi connectivity index (χ3v) is 4.34. The van der Waals surface area contributed by atoms with Crippen LogP contribution < -0.4 is 14.8 Å². The number of rotatable bonds is 7. The number of aryl methyl sites for hydroxylation is 1. The van der Waals surface area contributed by atoms with Crippen molar-refractivity contribution < 1.29 is 14.3 Å². The Morgan fingerprint density at radius 2 is 1.76 bits per heavy atom. The van der Waals surface area contributed by atoms with E-state index >= 15 is 0 Å². The number of carbonyl (C=O) groups is 1. The summed E-state index contributed by atoms with van der Waals surface area (Å²) in [5.41, 5.74) is 3.54. The molecule has 1 aliphatic rings. The minimum absolute atomic E-state index is 0.0316. The molecule has 0 saturated carbocycles. The lowest BCUT2D eigenvalue weighted by Gasteiger charge is -2.19. The molecule has 0 heterocycles. The van der Waals surface area contributed by atoms with Crippen LogP contribution in [-0.4, -0.2) is 19.1 Å². The molecule has 0 fully saturated rings. The molecule has 0 atom stereocenters. The van der Waals surface area contributed by atoms with E-state index in [4.69, 9.17) is 9.47 Å². The van der Waals surface area contributed by atoms with E-state index in [0.717, 1.165) is 24.9 Å². The highest BCUT2D eigenvalue weighted by Crippen LogP contribution is 2.28. The van der Waals surface area contributed by atoms with Gasteiger partial charge in [-0.1, -0.05) is 31.2 Å². The van der Waals surface area contributed by atoms with E-state index in [2.05, 4.69) is 18.3 Å². The maximum Gasteiger partial charge on any atom is 0.262 e. The SMILES string of the molecule is CCCOc1ccccc1OCC(=O)Nc1cccc2c1CCCC2. The van der Waals surface area contributed by atoms with E-state index in [0.29, 0.717) is 18.1 Å². The van der Waals surface area contributed by atoms with E-state index in [1.807, 2.05) is 36.4 Å². The lowest BCUT2D eigenvalue weighted by molar-refractivity contribution is -0.118. The van der Waals surface area contributed by atoms with Crippen LogP contribution in [0.5, 0.6) is 11.5 Å².